The van der Waals surface area contributed by atoms with E-state index in [-0.39, 0.29) is 18.3 Å². The predicted molar refractivity (Wildman–Crippen MR) is 89.1 cm³/mol. The number of likely N-dealkylation sites (tertiary alicyclic amines) is 1. The lowest BCUT2D eigenvalue weighted by atomic mass is 10.2. The van der Waals surface area contributed by atoms with Crippen LogP contribution < -0.4 is 10.6 Å². The smallest absolute Gasteiger partial charge is 0.319 e. The Morgan fingerprint density at radius 2 is 2.26 bits per heavy atom. The van der Waals surface area contributed by atoms with E-state index < -0.39 is 5.82 Å². The molecule has 5 nitrogen and oxygen atoms in total. The van der Waals surface area contributed by atoms with Crippen molar-refractivity contribution in [3.8, 4) is 0 Å². The van der Waals surface area contributed by atoms with Crippen LogP contribution in [0.15, 0.2) is 18.2 Å². The Hall–Kier alpha value is -1.66. The summed E-state index contributed by atoms with van der Waals surface area (Å²) in [7, 11) is 0. The summed E-state index contributed by atoms with van der Waals surface area (Å²) in [4.78, 5) is 14.1. The summed E-state index contributed by atoms with van der Waals surface area (Å²) in [5.74, 6) is -0.435. The Morgan fingerprint density at radius 3 is 3.04 bits per heavy atom. The number of urea groups is 1. The van der Waals surface area contributed by atoms with Gasteiger partial charge in [-0.25, -0.2) is 9.18 Å². The molecule has 0 bridgehead atoms. The van der Waals surface area contributed by atoms with Crippen molar-refractivity contribution in [2.24, 2.45) is 0 Å². The van der Waals surface area contributed by atoms with Crippen molar-refractivity contribution in [3.05, 3.63) is 29.6 Å². The molecule has 23 heavy (non-hydrogen) atoms. The van der Waals surface area contributed by atoms with Crippen molar-refractivity contribution >= 4 is 11.7 Å². The molecule has 0 saturated carbocycles. The van der Waals surface area contributed by atoms with Gasteiger partial charge in [0.25, 0.3) is 0 Å². The predicted octanol–water partition coefficient (Wildman–Crippen LogP) is 2.49. The number of benzene rings is 1. The molecule has 1 heterocycles. The molecule has 3 N–H and O–H groups in total. The fourth-order valence-electron chi connectivity index (χ4n) is 2.94. The van der Waals surface area contributed by atoms with Crippen molar-refractivity contribution in [1.82, 2.24) is 10.2 Å². The number of nitrogens with zero attached hydrogens (tertiary/aromatic N) is 1. The molecular weight excluding hydrogens is 297 g/mol. The Labute approximate surface area is 136 Å². The average Bonchev–Trinajstić information content (AvgIpc) is 2.98. The van der Waals surface area contributed by atoms with E-state index in [0.29, 0.717) is 12.6 Å². The number of amides is 2. The maximum atomic E-state index is 13.5. The van der Waals surface area contributed by atoms with E-state index in [1.807, 2.05) is 6.92 Å². The number of aliphatic hydroxyl groups excluding tert-OH is 1. The molecule has 2 rings (SSSR count). The molecule has 1 saturated heterocycles. The van der Waals surface area contributed by atoms with Crippen LogP contribution in [0.5, 0.6) is 0 Å². The maximum Gasteiger partial charge on any atom is 0.319 e. The third-order valence-corrected chi connectivity index (χ3v) is 4.24. The first kappa shape index (κ1) is 17.7. The SMILES string of the molecule is Cc1ccc(F)c(NC(=O)NCCCCN2CCC[C@H]2CO)c1. The largest absolute Gasteiger partial charge is 0.395 e. The molecule has 1 aliphatic rings. The molecule has 0 aromatic heterocycles. The standard InChI is InChI=1S/C17H26FN3O2/c1-13-6-7-15(18)16(11-13)20-17(23)19-8-2-3-9-21-10-4-5-14(21)12-22/h6-7,11,14,22H,2-5,8-10,12H2,1H3,(H2,19,20,23)/t14-/m0/s1. The zero-order valence-electron chi connectivity index (χ0n) is 13.6. The third-order valence-electron chi connectivity index (χ3n) is 4.24. The maximum absolute atomic E-state index is 13.5. The van der Waals surface area contributed by atoms with Crippen LogP contribution in [0, 0.1) is 12.7 Å². The van der Waals surface area contributed by atoms with Crippen LogP contribution in [0.2, 0.25) is 0 Å². The molecule has 0 aliphatic carbocycles. The van der Waals surface area contributed by atoms with E-state index in [1.165, 1.54) is 6.07 Å². The molecular formula is C17H26FN3O2. The molecule has 1 aliphatic heterocycles. The molecule has 128 valence electrons. The molecule has 1 atom stereocenters. The minimum absolute atomic E-state index is 0.199. The topological polar surface area (TPSA) is 64.6 Å². The van der Waals surface area contributed by atoms with E-state index in [4.69, 9.17) is 0 Å². The number of rotatable bonds is 7. The number of hydrogen-bond donors (Lipinski definition) is 3. The average molecular weight is 323 g/mol. The quantitative estimate of drug-likeness (QED) is 0.676. The van der Waals surface area contributed by atoms with Crippen LogP contribution in [-0.4, -0.2) is 48.3 Å². The molecule has 0 radical (unpaired) electrons. The lowest BCUT2D eigenvalue weighted by Crippen LogP contribution is -2.34. The molecule has 6 heteroatoms. The first-order valence-electron chi connectivity index (χ1n) is 8.26. The monoisotopic (exact) mass is 323 g/mol. The normalized spacial score (nSPS) is 18.1. The summed E-state index contributed by atoms with van der Waals surface area (Å²) in [6, 6.07) is 4.53. The highest BCUT2D eigenvalue weighted by molar-refractivity contribution is 5.89. The molecule has 1 fully saturated rings. The van der Waals surface area contributed by atoms with Crippen LogP contribution in [0.1, 0.15) is 31.2 Å². The second-order valence-electron chi connectivity index (χ2n) is 6.09. The highest BCUT2D eigenvalue weighted by Gasteiger charge is 2.22. The Morgan fingerprint density at radius 1 is 1.43 bits per heavy atom. The second-order valence-corrected chi connectivity index (χ2v) is 6.09. The van der Waals surface area contributed by atoms with Gasteiger partial charge in [0.05, 0.1) is 12.3 Å². The van der Waals surface area contributed by atoms with E-state index in [0.717, 1.165) is 44.3 Å². The molecule has 1 aromatic carbocycles. The lowest BCUT2D eigenvalue weighted by Gasteiger charge is -2.22. The van der Waals surface area contributed by atoms with Crippen molar-refractivity contribution in [3.63, 3.8) is 0 Å². The van der Waals surface area contributed by atoms with Crippen molar-refractivity contribution in [2.75, 3.05) is 31.6 Å². The lowest BCUT2D eigenvalue weighted by molar-refractivity contribution is 0.157. The summed E-state index contributed by atoms with van der Waals surface area (Å²) in [5.41, 5.74) is 1.09. The van der Waals surface area contributed by atoms with Crippen LogP contribution in [0.25, 0.3) is 0 Å². The number of carbonyl (C=O) groups excluding carboxylic acids is 1. The second kappa shape index (κ2) is 8.84. The Kier molecular flexibility index (Phi) is 6.80. The number of nitrogens with one attached hydrogen (secondary N) is 2. The van der Waals surface area contributed by atoms with E-state index in [2.05, 4.69) is 15.5 Å². The minimum atomic E-state index is -0.435. The van der Waals surface area contributed by atoms with Gasteiger partial charge in [0.2, 0.25) is 0 Å². The third kappa shape index (κ3) is 5.48. The van der Waals surface area contributed by atoms with E-state index >= 15 is 0 Å². The molecule has 1 aromatic rings. The Balaban J connectivity index is 1.62. The first-order valence-corrected chi connectivity index (χ1v) is 8.26. The van der Waals surface area contributed by atoms with Gasteiger partial charge in [-0.15, -0.1) is 0 Å². The first-order chi connectivity index (χ1) is 11.1. The fraction of sp³-hybridized carbons (Fsp3) is 0.588. The van der Waals surface area contributed by atoms with Gasteiger partial charge >= 0.3 is 6.03 Å². The fourth-order valence-corrected chi connectivity index (χ4v) is 2.94. The van der Waals surface area contributed by atoms with Crippen molar-refractivity contribution in [1.29, 1.82) is 0 Å². The number of halogens is 1. The van der Waals surface area contributed by atoms with Gasteiger partial charge in [-0.3, -0.25) is 4.90 Å². The molecule has 0 unspecified atom stereocenters. The number of aliphatic hydroxyl groups is 1. The summed E-state index contributed by atoms with van der Waals surface area (Å²) in [6.45, 7) is 4.62. The van der Waals surface area contributed by atoms with Crippen LogP contribution in [0.4, 0.5) is 14.9 Å². The van der Waals surface area contributed by atoms with Gasteiger partial charge in [0.1, 0.15) is 5.82 Å². The molecule has 2 amide bonds. The van der Waals surface area contributed by atoms with Crippen LogP contribution in [0.3, 0.4) is 0 Å². The zero-order chi connectivity index (χ0) is 16.7. The van der Waals surface area contributed by atoms with Gasteiger partial charge in [-0.05, 0) is 63.4 Å². The number of anilines is 1. The number of unbranched alkanes of at least 4 members (excludes halogenated alkanes) is 1. The van der Waals surface area contributed by atoms with E-state index in [1.54, 1.807) is 12.1 Å². The number of hydrogen-bond acceptors (Lipinski definition) is 3. The summed E-state index contributed by atoms with van der Waals surface area (Å²) < 4.78 is 13.5. The summed E-state index contributed by atoms with van der Waals surface area (Å²) >= 11 is 0. The van der Waals surface area contributed by atoms with E-state index in [9.17, 15) is 14.3 Å². The van der Waals surface area contributed by atoms with Gasteiger partial charge in [-0.2, -0.15) is 0 Å². The highest BCUT2D eigenvalue weighted by atomic mass is 19.1. The van der Waals surface area contributed by atoms with Crippen molar-refractivity contribution in [2.45, 2.75) is 38.6 Å². The Bertz CT molecular complexity index is 525. The van der Waals surface area contributed by atoms with Crippen LogP contribution >= 0.6 is 0 Å². The number of aryl methyl sites for hydroxylation is 1. The van der Waals surface area contributed by atoms with Crippen LogP contribution in [-0.2, 0) is 0 Å². The molecule has 0 spiro atoms. The van der Waals surface area contributed by atoms with Gasteiger partial charge < -0.3 is 15.7 Å². The zero-order valence-corrected chi connectivity index (χ0v) is 13.6. The summed E-state index contributed by atoms with van der Waals surface area (Å²) in [6.07, 6.45) is 4.04. The summed E-state index contributed by atoms with van der Waals surface area (Å²) in [5, 5.41) is 14.5. The van der Waals surface area contributed by atoms with Crippen molar-refractivity contribution < 1.29 is 14.3 Å². The highest BCUT2D eigenvalue weighted by Crippen LogP contribution is 2.17. The van der Waals surface area contributed by atoms with Gasteiger partial charge in [0, 0.05) is 12.6 Å². The minimum Gasteiger partial charge on any atom is -0.395 e. The number of carbonyl (C=O) groups is 1. The van der Waals surface area contributed by atoms with Gasteiger partial charge in [-0.1, -0.05) is 6.07 Å². The van der Waals surface area contributed by atoms with Gasteiger partial charge in [0.15, 0.2) is 0 Å².